The van der Waals surface area contributed by atoms with Gasteiger partial charge in [0.15, 0.2) is 0 Å². The molecule has 2 rings (SSSR count). The van der Waals surface area contributed by atoms with Crippen LogP contribution < -0.4 is 4.90 Å². The molecule has 0 bridgehead atoms. The summed E-state index contributed by atoms with van der Waals surface area (Å²) in [5, 5.41) is 9.69. The Morgan fingerprint density at radius 1 is 1.56 bits per heavy atom. The number of hydrogen-bond donors (Lipinski definition) is 1. The largest absolute Gasteiger partial charge is 0.396 e. The Kier molecular flexibility index (Phi) is 3.71. The van der Waals surface area contributed by atoms with Crippen molar-refractivity contribution >= 4 is 45.8 Å². The summed E-state index contributed by atoms with van der Waals surface area (Å²) in [4.78, 5) is 13.5. The first-order valence-corrected chi connectivity index (χ1v) is 6.43. The number of nitrogens with zero attached hydrogens (tertiary/aromatic N) is 1. The Bertz CT molecular complexity index is 424. The van der Waals surface area contributed by atoms with E-state index in [4.69, 9.17) is 16.7 Å². The fourth-order valence-electron chi connectivity index (χ4n) is 1.83. The lowest BCUT2D eigenvalue weighted by Gasteiger charge is -2.18. The van der Waals surface area contributed by atoms with Crippen molar-refractivity contribution in [2.24, 2.45) is 5.92 Å². The molecule has 1 heterocycles. The van der Waals surface area contributed by atoms with Crippen molar-refractivity contribution in [1.82, 2.24) is 0 Å². The smallest absolute Gasteiger partial charge is 0.227 e. The van der Waals surface area contributed by atoms with Crippen molar-refractivity contribution < 1.29 is 9.90 Å². The van der Waals surface area contributed by atoms with Gasteiger partial charge >= 0.3 is 0 Å². The van der Waals surface area contributed by atoms with Crippen LogP contribution in [-0.2, 0) is 4.79 Å². The van der Waals surface area contributed by atoms with Gasteiger partial charge in [0.2, 0.25) is 5.91 Å². The molecule has 1 aliphatic rings. The average molecular weight is 352 g/mol. The highest BCUT2D eigenvalue weighted by Gasteiger charge is 2.31. The van der Waals surface area contributed by atoms with Crippen LogP contribution in [0.2, 0.25) is 5.02 Å². The van der Waals surface area contributed by atoms with E-state index in [1.807, 2.05) is 6.07 Å². The molecule has 1 aromatic carbocycles. The van der Waals surface area contributed by atoms with Crippen molar-refractivity contribution in [2.75, 3.05) is 18.1 Å². The molecule has 0 spiro atoms. The summed E-state index contributed by atoms with van der Waals surface area (Å²) in [7, 11) is 0. The van der Waals surface area contributed by atoms with Crippen molar-refractivity contribution in [1.29, 1.82) is 0 Å². The third-order valence-corrected chi connectivity index (χ3v) is 3.81. The lowest BCUT2D eigenvalue weighted by atomic mass is 10.1. The van der Waals surface area contributed by atoms with Crippen LogP contribution in [0.1, 0.15) is 6.42 Å². The first-order valence-electron chi connectivity index (χ1n) is 4.98. The van der Waals surface area contributed by atoms with Crippen molar-refractivity contribution in [3.8, 4) is 0 Å². The summed E-state index contributed by atoms with van der Waals surface area (Å²) in [6.45, 7) is 0.630. The highest BCUT2D eigenvalue weighted by atomic mass is 127. The van der Waals surface area contributed by atoms with Crippen LogP contribution in [0.3, 0.4) is 0 Å². The van der Waals surface area contributed by atoms with E-state index >= 15 is 0 Å². The van der Waals surface area contributed by atoms with Gasteiger partial charge in [-0.1, -0.05) is 11.6 Å². The predicted molar refractivity (Wildman–Crippen MR) is 71.7 cm³/mol. The molecule has 1 fully saturated rings. The molecule has 86 valence electrons. The van der Waals surface area contributed by atoms with E-state index in [9.17, 15) is 4.79 Å². The first kappa shape index (κ1) is 12.1. The van der Waals surface area contributed by atoms with E-state index < -0.39 is 0 Å². The van der Waals surface area contributed by atoms with Crippen LogP contribution in [0.4, 0.5) is 5.69 Å². The van der Waals surface area contributed by atoms with Gasteiger partial charge in [0.05, 0.1) is 5.69 Å². The number of carbonyl (C=O) groups excluding carboxylic acids is 1. The third kappa shape index (κ3) is 2.33. The molecule has 1 aliphatic heterocycles. The normalized spacial score (nSPS) is 20.6. The van der Waals surface area contributed by atoms with Crippen LogP contribution in [0.15, 0.2) is 18.2 Å². The van der Waals surface area contributed by atoms with Gasteiger partial charge in [0.1, 0.15) is 0 Å². The molecule has 1 atom stereocenters. The van der Waals surface area contributed by atoms with Crippen molar-refractivity contribution in [3.63, 3.8) is 0 Å². The Balaban J connectivity index is 2.30. The average Bonchev–Trinajstić information content (AvgIpc) is 2.63. The number of halogens is 2. The summed E-state index contributed by atoms with van der Waals surface area (Å²) < 4.78 is 0.994. The summed E-state index contributed by atoms with van der Waals surface area (Å²) >= 11 is 8.10. The second-order valence-electron chi connectivity index (χ2n) is 3.85. The highest BCUT2D eigenvalue weighted by Crippen LogP contribution is 2.31. The number of aliphatic hydroxyl groups excluding tert-OH is 1. The van der Waals surface area contributed by atoms with Crippen LogP contribution in [0.5, 0.6) is 0 Å². The van der Waals surface area contributed by atoms with Gasteiger partial charge in [0.25, 0.3) is 0 Å². The maximum atomic E-state index is 11.8. The summed E-state index contributed by atoms with van der Waals surface area (Å²) in [6, 6.07) is 5.48. The standard InChI is InChI=1S/C11H11ClINO2/c12-8-1-2-9(13)10(4-8)14-5-7(6-15)3-11(14)16/h1-2,4,7,15H,3,5-6H2. The number of carbonyl (C=O) groups is 1. The second-order valence-corrected chi connectivity index (χ2v) is 5.45. The maximum absolute atomic E-state index is 11.8. The fourth-order valence-corrected chi connectivity index (χ4v) is 2.62. The molecular formula is C11H11ClINO2. The Labute approximate surface area is 113 Å². The monoisotopic (exact) mass is 351 g/mol. The third-order valence-electron chi connectivity index (χ3n) is 2.66. The van der Waals surface area contributed by atoms with Gasteiger partial charge in [0, 0.05) is 34.1 Å². The highest BCUT2D eigenvalue weighted by molar-refractivity contribution is 14.1. The van der Waals surface area contributed by atoms with Crippen molar-refractivity contribution in [2.45, 2.75) is 6.42 Å². The minimum atomic E-state index is 0.0438. The second kappa shape index (κ2) is 4.89. The molecule has 16 heavy (non-hydrogen) atoms. The van der Waals surface area contributed by atoms with Crippen LogP contribution in [-0.4, -0.2) is 24.2 Å². The lowest BCUT2D eigenvalue weighted by Crippen LogP contribution is -2.25. The molecule has 0 radical (unpaired) electrons. The molecule has 1 aromatic rings. The first-order chi connectivity index (χ1) is 7.61. The maximum Gasteiger partial charge on any atom is 0.227 e. The Hall–Kier alpha value is -0.330. The van der Waals surface area contributed by atoms with Crippen LogP contribution >= 0.6 is 34.2 Å². The summed E-state index contributed by atoms with van der Waals surface area (Å²) in [6.07, 6.45) is 0.416. The van der Waals surface area contributed by atoms with Gasteiger partial charge in [-0.15, -0.1) is 0 Å². The summed E-state index contributed by atoms with van der Waals surface area (Å²) in [5.41, 5.74) is 0.842. The molecule has 1 saturated heterocycles. The molecule has 1 unspecified atom stereocenters. The van der Waals surface area contributed by atoms with Crippen LogP contribution in [0.25, 0.3) is 0 Å². The molecule has 5 heteroatoms. The van der Waals surface area contributed by atoms with E-state index in [2.05, 4.69) is 22.6 Å². The zero-order valence-electron chi connectivity index (χ0n) is 8.49. The number of benzene rings is 1. The Morgan fingerprint density at radius 3 is 2.94 bits per heavy atom. The molecule has 0 aliphatic carbocycles. The van der Waals surface area contributed by atoms with Gasteiger partial charge in [-0.25, -0.2) is 0 Å². The van der Waals surface area contributed by atoms with Gasteiger partial charge in [-0.05, 0) is 40.8 Å². The fraction of sp³-hybridized carbons (Fsp3) is 0.364. The minimum absolute atomic E-state index is 0.0438. The molecule has 3 nitrogen and oxygen atoms in total. The zero-order chi connectivity index (χ0) is 11.7. The Morgan fingerprint density at radius 2 is 2.31 bits per heavy atom. The van der Waals surface area contributed by atoms with E-state index in [0.717, 1.165) is 9.26 Å². The lowest BCUT2D eigenvalue weighted by molar-refractivity contribution is -0.117. The topological polar surface area (TPSA) is 40.5 Å². The number of rotatable bonds is 2. The minimum Gasteiger partial charge on any atom is -0.396 e. The number of amides is 1. The quantitative estimate of drug-likeness (QED) is 0.831. The SMILES string of the molecule is O=C1CC(CO)CN1c1cc(Cl)ccc1I. The molecule has 0 aromatic heterocycles. The molecule has 1 N–H and O–H groups in total. The number of hydrogen-bond acceptors (Lipinski definition) is 2. The van der Waals surface area contributed by atoms with E-state index in [0.29, 0.717) is 18.0 Å². The van der Waals surface area contributed by atoms with Gasteiger partial charge in [-0.3, -0.25) is 4.79 Å². The van der Waals surface area contributed by atoms with E-state index in [1.54, 1.807) is 17.0 Å². The molecular weight excluding hydrogens is 340 g/mol. The van der Waals surface area contributed by atoms with Crippen molar-refractivity contribution in [3.05, 3.63) is 26.8 Å². The molecule has 1 amide bonds. The van der Waals surface area contributed by atoms with E-state index in [-0.39, 0.29) is 18.4 Å². The molecule has 0 saturated carbocycles. The van der Waals surface area contributed by atoms with E-state index in [1.165, 1.54) is 0 Å². The summed E-state index contributed by atoms with van der Waals surface area (Å²) in [5.74, 6) is 0.0986. The van der Waals surface area contributed by atoms with Gasteiger partial charge < -0.3 is 10.0 Å². The van der Waals surface area contributed by atoms with Gasteiger partial charge in [-0.2, -0.15) is 0 Å². The number of aliphatic hydroxyl groups is 1. The zero-order valence-corrected chi connectivity index (χ0v) is 11.4. The van der Waals surface area contributed by atoms with Crippen LogP contribution in [0, 0.1) is 9.49 Å². The number of anilines is 1. The predicted octanol–water partition coefficient (Wildman–Crippen LogP) is 2.29.